The third kappa shape index (κ3) is 4.47. The third-order valence-electron chi connectivity index (χ3n) is 2.56. The van der Waals surface area contributed by atoms with Crippen LogP contribution in [0.5, 0.6) is 0 Å². The van der Waals surface area contributed by atoms with Crippen LogP contribution in [0, 0.1) is 10.1 Å². The van der Waals surface area contributed by atoms with Gasteiger partial charge in [-0.05, 0) is 19.1 Å². The fraction of sp³-hybridized carbons (Fsp3) is 0.455. The molecule has 2 atom stereocenters. The fourth-order valence-electron chi connectivity index (χ4n) is 1.38. The summed E-state index contributed by atoms with van der Waals surface area (Å²) >= 11 is 3.21. The first-order chi connectivity index (χ1) is 8.41. The van der Waals surface area contributed by atoms with Gasteiger partial charge in [0.1, 0.15) is 0 Å². The summed E-state index contributed by atoms with van der Waals surface area (Å²) in [5, 5.41) is 14.0. The van der Waals surface area contributed by atoms with Gasteiger partial charge in [-0.1, -0.05) is 15.9 Å². The highest BCUT2D eigenvalue weighted by Gasteiger charge is 2.14. The first-order valence-electron chi connectivity index (χ1n) is 5.37. The molecule has 0 radical (unpaired) electrons. The first kappa shape index (κ1) is 15.3. The molecule has 100 valence electrons. The Hall–Kier alpha value is -0.790. The highest BCUT2D eigenvalue weighted by atomic mass is 79.9. The SMILES string of the molecule is CC(CNCc1ccc(Br)cc1[N+](=O)[O-])S(C)=O. The summed E-state index contributed by atoms with van der Waals surface area (Å²) in [6.07, 6.45) is 1.65. The zero-order chi connectivity index (χ0) is 13.7. The Balaban J connectivity index is 2.67. The van der Waals surface area contributed by atoms with E-state index in [-0.39, 0.29) is 10.9 Å². The average molecular weight is 335 g/mol. The van der Waals surface area contributed by atoms with Gasteiger partial charge in [-0.2, -0.15) is 0 Å². The number of nitro groups is 1. The molecule has 0 aliphatic rings. The van der Waals surface area contributed by atoms with E-state index in [1.165, 1.54) is 6.07 Å². The topological polar surface area (TPSA) is 72.2 Å². The fourth-order valence-corrected chi connectivity index (χ4v) is 2.09. The monoisotopic (exact) mass is 334 g/mol. The molecule has 7 heteroatoms. The van der Waals surface area contributed by atoms with E-state index in [9.17, 15) is 14.3 Å². The Morgan fingerprint density at radius 1 is 1.56 bits per heavy atom. The quantitative estimate of drug-likeness (QED) is 0.639. The molecule has 0 aliphatic heterocycles. The smallest absolute Gasteiger partial charge is 0.275 e. The summed E-state index contributed by atoms with van der Waals surface area (Å²) in [6, 6.07) is 4.96. The molecule has 5 nitrogen and oxygen atoms in total. The molecule has 0 aliphatic carbocycles. The van der Waals surface area contributed by atoms with Crippen LogP contribution in [0.15, 0.2) is 22.7 Å². The number of nitrogens with zero attached hydrogens (tertiary/aromatic N) is 1. The van der Waals surface area contributed by atoms with Crippen molar-refractivity contribution in [2.24, 2.45) is 0 Å². The molecular formula is C11H15BrN2O3S. The maximum Gasteiger partial charge on any atom is 0.275 e. The lowest BCUT2D eigenvalue weighted by Crippen LogP contribution is -2.27. The predicted octanol–water partition coefficient (Wildman–Crippen LogP) is 2.21. The summed E-state index contributed by atoms with van der Waals surface area (Å²) in [4.78, 5) is 10.5. The Kier molecular flexibility index (Phi) is 5.90. The zero-order valence-electron chi connectivity index (χ0n) is 10.2. The van der Waals surface area contributed by atoms with Gasteiger partial charge in [0.2, 0.25) is 0 Å². The molecular weight excluding hydrogens is 320 g/mol. The van der Waals surface area contributed by atoms with Crippen molar-refractivity contribution < 1.29 is 9.13 Å². The van der Waals surface area contributed by atoms with Crippen molar-refractivity contribution in [2.75, 3.05) is 12.8 Å². The second-order valence-electron chi connectivity index (χ2n) is 3.97. The van der Waals surface area contributed by atoms with Crippen LogP contribution in [0.3, 0.4) is 0 Å². The van der Waals surface area contributed by atoms with E-state index < -0.39 is 15.7 Å². The van der Waals surface area contributed by atoms with Gasteiger partial charge in [0.15, 0.2) is 0 Å². The lowest BCUT2D eigenvalue weighted by Gasteiger charge is -2.10. The van der Waals surface area contributed by atoms with Gasteiger partial charge in [-0.15, -0.1) is 0 Å². The average Bonchev–Trinajstić information content (AvgIpc) is 2.30. The minimum Gasteiger partial charge on any atom is -0.311 e. The lowest BCUT2D eigenvalue weighted by molar-refractivity contribution is -0.385. The van der Waals surface area contributed by atoms with Gasteiger partial charge in [0, 0.05) is 51.5 Å². The molecule has 18 heavy (non-hydrogen) atoms. The van der Waals surface area contributed by atoms with Gasteiger partial charge in [0.05, 0.1) is 4.92 Å². The molecule has 1 rings (SSSR count). The third-order valence-corrected chi connectivity index (χ3v) is 4.35. The summed E-state index contributed by atoms with van der Waals surface area (Å²) in [5.41, 5.74) is 0.708. The van der Waals surface area contributed by atoms with Gasteiger partial charge < -0.3 is 5.32 Å². The standard InChI is InChI=1S/C11H15BrN2O3S/c1-8(18(2)17)6-13-7-9-3-4-10(12)5-11(9)14(15)16/h3-5,8,13H,6-7H2,1-2H3. The molecule has 0 fully saturated rings. The van der Waals surface area contributed by atoms with E-state index in [1.54, 1.807) is 18.4 Å². The number of nitrogens with one attached hydrogen (secondary N) is 1. The second kappa shape index (κ2) is 6.96. The highest BCUT2D eigenvalue weighted by Crippen LogP contribution is 2.23. The van der Waals surface area contributed by atoms with Crippen LogP contribution in [0.2, 0.25) is 0 Å². The predicted molar refractivity (Wildman–Crippen MR) is 76.0 cm³/mol. The zero-order valence-corrected chi connectivity index (χ0v) is 12.6. The number of rotatable bonds is 6. The van der Waals surface area contributed by atoms with Crippen molar-refractivity contribution in [3.63, 3.8) is 0 Å². The molecule has 2 unspecified atom stereocenters. The maximum atomic E-state index is 11.2. The largest absolute Gasteiger partial charge is 0.311 e. The highest BCUT2D eigenvalue weighted by molar-refractivity contribution is 9.10. The Morgan fingerprint density at radius 2 is 2.22 bits per heavy atom. The molecule has 0 bridgehead atoms. The van der Waals surface area contributed by atoms with Crippen LogP contribution in [0.25, 0.3) is 0 Å². The molecule has 1 N–H and O–H groups in total. The van der Waals surface area contributed by atoms with E-state index in [0.29, 0.717) is 23.1 Å². The minimum absolute atomic E-state index is 0.0273. The molecule has 1 aromatic carbocycles. The van der Waals surface area contributed by atoms with Crippen LogP contribution in [0.4, 0.5) is 5.69 Å². The van der Waals surface area contributed by atoms with Crippen molar-refractivity contribution >= 4 is 32.4 Å². The summed E-state index contributed by atoms with van der Waals surface area (Å²) in [6.45, 7) is 2.83. The van der Waals surface area contributed by atoms with Crippen LogP contribution in [-0.4, -0.2) is 27.2 Å². The number of benzene rings is 1. The molecule has 0 spiro atoms. The van der Waals surface area contributed by atoms with Crippen LogP contribution in [-0.2, 0) is 17.3 Å². The first-order valence-corrected chi connectivity index (χ1v) is 7.79. The second-order valence-corrected chi connectivity index (χ2v) is 6.69. The minimum atomic E-state index is -0.890. The Bertz CT molecular complexity index is 468. The molecule has 0 saturated heterocycles. The van der Waals surface area contributed by atoms with E-state index >= 15 is 0 Å². The summed E-state index contributed by atoms with van der Waals surface area (Å²) in [7, 11) is -0.890. The van der Waals surface area contributed by atoms with Gasteiger partial charge >= 0.3 is 0 Å². The number of nitro benzene ring substituents is 1. The van der Waals surface area contributed by atoms with E-state index in [4.69, 9.17) is 0 Å². The molecule has 0 aromatic heterocycles. The summed E-state index contributed by atoms with van der Waals surface area (Å²) < 4.78 is 11.8. The van der Waals surface area contributed by atoms with Crippen LogP contribution >= 0.6 is 15.9 Å². The van der Waals surface area contributed by atoms with E-state index in [1.807, 2.05) is 6.92 Å². The molecule has 0 heterocycles. The Morgan fingerprint density at radius 3 is 2.78 bits per heavy atom. The van der Waals surface area contributed by atoms with Crippen molar-refractivity contribution in [3.05, 3.63) is 38.3 Å². The molecule has 0 saturated carbocycles. The van der Waals surface area contributed by atoms with E-state index in [2.05, 4.69) is 21.2 Å². The van der Waals surface area contributed by atoms with Crippen molar-refractivity contribution in [1.29, 1.82) is 0 Å². The van der Waals surface area contributed by atoms with Crippen molar-refractivity contribution in [1.82, 2.24) is 5.32 Å². The van der Waals surface area contributed by atoms with Crippen LogP contribution < -0.4 is 5.32 Å². The summed E-state index contributed by atoms with van der Waals surface area (Å²) in [5.74, 6) is 0. The number of hydrogen-bond donors (Lipinski definition) is 1. The van der Waals surface area contributed by atoms with Gasteiger partial charge in [0.25, 0.3) is 5.69 Å². The van der Waals surface area contributed by atoms with Crippen molar-refractivity contribution in [3.8, 4) is 0 Å². The van der Waals surface area contributed by atoms with Crippen LogP contribution in [0.1, 0.15) is 12.5 Å². The maximum absolute atomic E-state index is 11.2. The van der Waals surface area contributed by atoms with Gasteiger partial charge in [-0.3, -0.25) is 14.3 Å². The number of halogens is 1. The van der Waals surface area contributed by atoms with Gasteiger partial charge in [-0.25, -0.2) is 0 Å². The lowest BCUT2D eigenvalue weighted by atomic mass is 10.2. The number of hydrogen-bond acceptors (Lipinski definition) is 4. The normalized spacial score (nSPS) is 14.2. The van der Waals surface area contributed by atoms with E-state index in [0.717, 1.165) is 0 Å². The van der Waals surface area contributed by atoms with Crippen molar-refractivity contribution in [2.45, 2.75) is 18.7 Å². The Labute approximate surface area is 117 Å². The molecule has 1 aromatic rings. The molecule has 0 amide bonds.